The topological polar surface area (TPSA) is 61.4 Å². The van der Waals surface area contributed by atoms with Crippen LogP contribution in [-0.2, 0) is 4.79 Å². The summed E-state index contributed by atoms with van der Waals surface area (Å²) in [6, 6.07) is 15.8. The lowest BCUT2D eigenvalue weighted by Gasteiger charge is -2.47. The SMILES string of the molecule is Cc1ccc(NC(=O)c2ccccc2)cc1C1CC2CNC(C)CC2N(C)C1=O. The Hall–Kier alpha value is -2.66. The molecule has 152 valence electrons. The minimum absolute atomic E-state index is 0.141. The minimum Gasteiger partial charge on any atom is -0.342 e. The Morgan fingerprint density at radius 3 is 2.66 bits per heavy atom. The van der Waals surface area contributed by atoms with Crippen molar-refractivity contribution < 1.29 is 9.59 Å². The molecule has 0 bridgehead atoms. The summed E-state index contributed by atoms with van der Waals surface area (Å²) in [6.45, 7) is 5.17. The summed E-state index contributed by atoms with van der Waals surface area (Å²) in [7, 11) is 1.95. The van der Waals surface area contributed by atoms with Crippen LogP contribution in [0.15, 0.2) is 48.5 Å². The van der Waals surface area contributed by atoms with Crippen molar-refractivity contribution in [3.8, 4) is 0 Å². The highest BCUT2D eigenvalue weighted by atomic mass is 16.2. The fourth-order valence-electron chi connectivity index (χ4n) is 4.80. The number of rotatable bonds is 3. The van der Waals surface area contributed by atoms with Crippen molar-refractivity contribution in [3.05, 3.63) is 65.2 Å². The summed E-state index contributed by atoms with van der Waals surface area (Å²) in [4.78, 5) is 27.7. The second-order valence-corrected chi connectivity index (χ2v) is 8.50. The number of aryl methyl sites for hydroxylation is 1. The van der Waals surface area contributed by atoms with Crippen LogP contribution in [0.3, 0.4) is 0 Å². The van der Waals surface area contributed by atoms with Crippen LogP contribution in [-0.4, -0.2) is 42.4 Å². The smallest absolute Gasteiger partial charge is 0.255 e. The number of carbonyl (C=O) groups is 2. The van der Waals surface area contributed by atoms with Crippen molar-refractivity contribution in [2.24, 2.45) is 5.92 Å². The van der Waals surface area contributed by atoms with E-state index in [1.807, 2.05) is 55.3 Å². The van der Waals surface area contributed by atoms with Crippen molar-refractivity contribution in [3.63, 3.8) is 0 Å². The maximum absolute atomic E-state index is 13.2. The van der Waals surface area contributed by atoms with E-state index in [1.165, 1.54) is 0 Å². The zero-order valence-electron chi connectivity index (χ0n) is 17.3. The summed E-state index contributed by atoms with van der Waals surface area (Å²) in [5.74, 6) is 0.346. The van der Waals surface area contributed by atoms with Gasteiger partial charge in [0.25, 0.3) is 5.91 Å². The fourth-order valence-corrected chi connectivity index (χ4v) is 4.80. The number of anilines is 1. The number of carbonyl (C=O) groups excluding carboxylic acids is 2. The Balaban J connectivity index is 1.57. The number of likely N-dealkylation sites (N-methyl/N-ethyl adjacent to an activating group) is 1. The maximum atomic E-state index is 13.2. The van der Waals surface area contributed by atoms with E-state index in [2.05, 4.69) is 17.6 Å². The van der Waals surface area contributed by atoms with Crippen LogP contribution < -0.4 is 10.6 Å². The predicted octanol–water partition coefficient (Wildman–Crippen LogP) is 3.56. The monoisotopic (exact) mass is 391 g/mol. The maximum Gasteiger partial charge on any atom is 0.255 e. The van der Waals surface area contributed by atoms with Gasteiger partial charge in [0.15, 0.2) is 0 Å². The quantitative estimate of drug-likeness (QED) is 0.841. The first kappa shape index (κ1) is 19.6. The number of likely N-dealkylation sites (tertiary alicyclic amines) is 1. The van der Waals surface area contributed by atoms with E-state index in [4.69, 9.17) is 0 Å². The number of hydrogen-bond donors (Lipinski definition) is 2. The summed E-state index contributed by atoms with van der Waals surface area (Å²) < 4.78 is 0. The normalized spacial score (nSPS) is 26.7. The first-order chi connectivity index (χ1) is 13.9. The molecule has 0 aromatic heterocycles. The van der Waals surface area contributed by atoms with Crippen molar-refractivity contribution in [1.29, 1.82) is 0 Å². The van der Waals surface area contributed by atoms with Gasteiger partial charge in [0.1, 0.15) is 0 Å². The van der Waals surface area contributed by atoms with Crippen molar-refractivity contribution in [2.75, 3.05) is 18.9 Å². The third kappa shape index (κ3) is 3.92. The molecule has 4 rings (SSSR count). The van der Waals surface area contributed by atoms with Crippen molar-refractivity contribution in [1.82, 2.24) is 10.2 Å². The van der Waals surface area contributed by atoms with E-state index in [0.29, 0.717) is 23.6 Å². The second kappa shape index (κ2) is 7.99. The molecule has 0 saturated carbocycles. The minimum atomic E-state index is -0.162. The Morgan fingerprint density at radius 2 is 1.90 bits per heavy atom. The van der Waals surface area contributed by atoms with Crippen LogP contribution in [0.25, 0.3) is 0 Å². The first-order valence-electron chi connectivity index (χ1n) is 10.4. The van der Waals surface area contributed by atoms with Crippen LogP contribution in [0.5, 0.6) is 0 Å². The van der Waals surface area contributed by atoms with Gasteiger partial charge in [0, 0.05) is 36.9 Å². The highest BCUT2D eigenvalue weighted by molar-refractivity contribution is 6.04. The molecule has 2 aromatic carbocycles. The third-order valence-electron chi connectivity index (χ3n) is 6.50. The molecule has 2 aromatic rings. The van der Waals surface area contributed by atoms with Gasteiger partial charge in [-0.05, 0) is 68.0 Å². The molecule has 0 aliphatic carbocycles. The largest absolute Gasteiger partial charge is 0.342 e. The van der Waals surface area contributed by atoms with Gasteiger partial charge in [-0.25, -0.2) is 0 Å². The first-order valence-corrected chi connectivity index (χ1v) is 10.4. The van der Waals surface area contributed by atoms with Gasteiger partial charge in [-0.3, -0.25) is 9.59 Å². The molecule has 4 unspecified atom stereocenters. The van der Waals surface area contributed by atoms with Gasteiger partial charge in [0.05, 0.1) is 5.92 Å². The van der Waals surface area contributed by atoms with Gasteiger partial charge in [-0.1, -0.05) is 24.3 Å². The molecule has 0 radical (unpaired) electrons. The average Bonchev–Trinajstić information content (AvgIpc) is 2.73. The standard InChI is InChI=1S/C24H29N3O2/c1-15-9-10-19(26-23(28)17-7-5-4-6-8-17)13-20(15)21-12-18-14-25-16(2)11-22(18)27(3)24(21)29/h4-10,13,16,18,21-22,25H,11-12,14H2,1-3H3,(H,26,28). The summed E-state index contributed by atoms with van der Waals surface area (Å²) in [6.07, 6.45) is 1.86. The molecule has 0 spiro atoms. The summed E-state index contributed by atoms with van der Waals surface area (Å²) in [5.41, 5.74) is 3.45. The van der Waals surface area contributed by atoms with E-state index in [9.17, 15) is 9.59 Å². The molecule has 29 heavy (non-hydrogen) atoms. The van der Waals surface area contributed by atoms with Crippen molar-refractivity contribution in [2.45, 2.75) is 44.7 Å². The van der Waals surface area contributed by atoms with E-state index < -0.39 is 0 Å². The summed E-state index contributed by atoms with van der Waals surface area (Å²) >= 11 is 0. The molecule has 2 aliphatic heterocycles. The van der Waals surface area contributed by atoms with Gasteiger partial charge >= 0.3 is 0 Å². The molecule has 5 nitrogen and oxygen atoms in total. The van der Waals surface area contributed by atoms with E-state index in [-0.39, 0.29) is 17.7 Å². The number of fused-ring (bicyclic) bond motifs is 1. The molecule has 2 aliphatic rings. The lowest BCUT2D eigenvalue weighted by atomic mass is 9.75. The molecule has 2 N–H and O–H groups in total. The van der Waals surface area contributed by atoms with Crippen LogP contribution in [0.4, 0.5) is 5.69 Å². The number of amides is 2. The number of benzene rings is 2. The van der Waals surface area contributed by atoms with Crippen LogP contribution in [0.1, 0.15) is 47.2 Å². The molecular weight excluding hydrogens is 362 g/mol. The molecule has 2 fully saturated rings. The lowest BCUT2D eigenvalue weighted by Crippen LogP contribution is -2.57. The molecule has 5 heteroatoms. The van der Waals surface area contributed by atoms with Gasteiger partial charge in [-0.15, -0.1) is 0 Å². The van der Waals surface area contributed by atoms with E-state index >= 15 is 0 Å². The Bertz CT molecular complexity index is 912. The van der Waals surface area contributed by atoms with Crippen LogP contribution in [0, 0.1) is 12.8 Å². The van der Waals surface area contributed by atoms with Crippen molar-refractivity contribution >= 4 is 17.5 Å². The van der Waals surface area contributed by atoms with Gasteiger partial charge in [-0.2, -0.15) is 0 Å². The second-order valence-electron chi connectivity index (χ2n) is 8.50. The zero-order chi connectivity index (χ0) is 20.5. The zero-order valence-corrected chi connectivity index (χ0v) is 17.3. The molecule has 2 amide bonds. The highest BCUT2D eigenvalue weighted by Crippen LogP contribution is 2.39. The van der Waals surface area contributed by atoms with E-state index in [1.54, 1.807) is 12.1 Å². The van der Waals surface area contributed by atoms with E-state index in [0.717, 1.165) is 36.2 Å². The number of nitrogens with one attached hydrogen (secondary N) is 2. The fraction of sp³-hybridized carbons (Fsp3) is 0.417. The van der Waals surface area contributed by atoms with Crippen LogP contribution in [0.2, 0.25) is 0 Å². The molecule has 2 saturated heterocycles. The van der Waals surface area contributed by atoms with Gasteiger partial charge < -0.3 is 15.5 Å². The highest BCUT2D eigenvalue weighted by Gasteiger charge is 2.43. The van der Waals surface area contributed by atoms with Gasteiger partial charge in [0.2, 0.25) is 5.91 Å². The third-order valence-corrected chi connectivity index (χ3v) is 6.50. The molecular formula is C24H29N3O2. The average molecular weight is 392 g/mol. The Morgan fingerprint density at radius 1 is 1.14 bits per heavy atom. The Kier molecular flexibility index (Phi) is 5.41. The number of piperidine rings is 2. The summed E-state index contributed by atoms with van der Waals surface area (Å²) in [5, 5.41) is 6.54. The van der Waals surface area contributed by atoms with Crippen LogP contribution >= 0.6 is 0 Å². The lowest BCUT2D eigenvalue weighted by molar-refractivity contribution is -0.140. The molecule has 4 atom stereocenters. The molecule has 2 heterocycles. The predicted molar refractivity (Wildman–Crippen MR) is 115 cm³/mol. The Labute approximate surface area is 172 Å². The number of nitrogens with zero attached hydrogens (tertiary/aromatic N) is 1. The number of hydrogen-bond acceptors (Lipinski definition) is 3.